The third-order valence-electron chi connectivity index (χ3n) is 4.38. The molecule has 0 spiro atoms. The van der Waals surface area contributed by atoms with Crippen molar-refractivity contribution in [3.05, 3.63) is 11.8 Å². The van der Waals surface area contributed by atoms with E-state index in [1.807, 2.05) is 5.92 Å². The minimum Gasteiger partial charge on any atom is -0.250 e. The Kier molecular flexibility index (Phi) is 4.05. The quantitative estimate of drug-likeness (QED) is 0.629. The molecule has 0 atom stereocenters. The number of rotatable bonds is 2. The fourth-order valence-corrected chi connectivity index (χ4v) is 3.11. The monoisotopic (exact) mass is 210 g/mol. The van der Waals surface area contributed by atoms with Crippen molar-refractivity contribution in [2.24, 2.45) is 11.8 Å². The Morgan fingerprint density at radius 2 is 1.60 bits per heavy atom. The first-order valence-corrected chi connectivity index (χ1v) is 6.53. The average molecular weight is 210 g/mol. The highest BCUT2D eigenvalue weighted by Gasteiger charge is 2.30. The van der Waals surface area contributed by atoms with Crippen LogP contribution in [0.5, 0.6) is 0 Å². The summed E-state index contributed by atoms with van der Waals surface area (Å²) in [7, 11) is 0. The van der Waals surface area contributed by atoms with E-state index in [0.29, 0.717) is 0 Å². The normalized spacial score (nSPS) is 28.4. The molecule has 2 rings (SSSR count). The van der Waals surface area contributed by atoms with Crippen molar-refractivity contribution < 1.29 is 4.39 Å². The zero-order valence-corrected chi connectivity index (χ0v) is 9.90. The van der Waals surface area contributed by atoms with E-state index in [-0.39, 0.29) is 6.67 Å². The van der Waals surface area contributed by atoms with Gasteiger partial charge in [-0.15, -0.1) is 0 Å². The first kappa shape index (κ1) is 11.4. The Morgan fingerprint density at radius 3 is 2.13 bits per heavy atom. The fraction of sp³-hybridized carbons (Fsp3) is 0.857. The van der Waals surface area contributed by atoms with Crippen LogP contribution in [0.3, 0.4) is 0 Å². The van der Waals surface area contributed by atoms with Gasteiger partial charge in [0.25, 0.3) is 0 Å². The van der Waals surface area contributed by atoms with Gasteiger partial charge in [-0.3, -0.25) is 4.39 Å². The van der Waals surface area contributed by atoms with Gasteiger partial charge in [0, 0.05) is 5.92 Å². The molecule has 0 bridgehead atoms. The van der Waals surface area contributed by atoms with Gasteiger partial charge in [0.05, 0.1) is 6.67 Å². The molecule has 0 aromatic rings. The molecular formula is C14H23F. The molecule has 0 aliphatic heterocycles. The largest absolute Gasteiger partial charge is 0.250 e. The molecule has 0 nitrogen and oxygen atoms in total. The lowest BCUT2D eigenvalue weighted by Crippen LogP contribution is -2.23. The summed E-state index contributed by atoms with van der Waals surface area (Å²) in [6.45, 7) is 2.20. The Bertz CT molecular complexity index is 174. The molecule has 2 fully saturated rings. The Labute approximate surface area is 93.6 Å². The van der Waals surface area contributed by atoms with Gasteiger partial charge in [-0.2, -0.15) is 0 Å². The van der Waals surface area contributed by atoms with Crippen molar-refractivity contribution in [1.82, 2.24) is 0 Å². The molecule has 0 amide bonds. The van der Waals surface area contributed by atoms with Gasteiger partial charge in [-0.1, -0.05) is 19.8 Å². The minimum absolute atomic E-state index is 0.168. The molecule has 1 heteroatoms. The first-order chi connectivity index (χ1) is 7.29. The Balaban J connectivity index is 1.75. The van der Waals surface area contributed by atoms with Crippen LogP contribution in [0, 0.1) is 23.7 Å². The van der Waals surface area contributed by atoms with Crippen LogP contribution >= 0.6 is 0 Å². The fourth-order valence-electron chi connectivity index (χ4n) is 3.11. The number of halogens is 1. The van der Waals surface area contributed by atoms with Crippen molar-refractivity contribution in [3.8, 4) is 0 Å². The molecule has 0 aromatic carbocycles. The van der Waals surface area contributed by atoms with Gasteiger partial charge in [-0.05, 0) is 56.3 Å². The van der Waals surface area contributed by atoms with Crippen LogP contribution in [-0.2, 0) is 0 Å². The predicted octanol–water partition coefficient (Wildman–Crippen LogP) is 4.51. The lowest BCUT2D eigenvalue weighted by molar-refractivity contribution is 0.292. The third-order valence-corrected chi connectivity index (χ3v) is 4.38. The summed E-state index contributed by atoms with van der Waals surface area (Å²) in [6, 6.07) is 0. The van der Waals surface area contributed by atoms with Crippen molar-refractivity contribution in [1.29, 1.82) is 0 Å². The second-order valence-corrected chi connectivity index (χ2v) is 5.50. The van der Waals surface area contributed by atoms with E-state index >= 15 is 0 Å². The summed E-state index contributed by atoms with van der Waals surface area (Å²) < 4.78 is 12.5. The smallest absolute Gasteiger partial charge is 0.0956 e. The van der Waals surface area contributed by atoms with Crippen LogP contribution in [0.2, 0.25) is 0 Å². The summed E-state index contributed by atoms with van der Waals surface area (Å²) in [5, 5.41) is 0. The molecule has 2 radical (unpaired) electrons. The number of hydrogen-bond donors (Lipinski definition) is 0. The lowest BCUT2D eigenvalue weighted by Gasteiger charge is -2.36. The number of alkyl halides is 1. The Morgan fingerprint density at radius 1 is 1.00 bits per heavy atom. The van der Waals surface area contributed by atoms with Crippen LogP contribution in [0.15, 0.2) is 0 Å². The van der Waals surface area contributed by atoms with Crippen LogP contribution in [0.4, 0.5) is 4.39 Å². The van der Waals surface area contributed by atoms with Gasteiger partial charge in [-0.25, -0.2) is 0 Å². The van der Waals surface area contributed by atoms with Crippen molar-refractivity contribution in [2.45, 2.75) is 58.3 Å². The topological polar surface area (TPSA) is 0 Å². The Hall–Kier alpha value is -0.0700. The molecule has 0 aromatic heterocycles. The highest BCUT2D eigenvalue weighted by molar-refractivity contribution is 5.05. The van der Waals surface area contributed by atoms with Gasteiger partial charge in [0.1, 0.15) is 0 Å². The molecule has 0 saturated heterocycles. The highest BCUT2D eigenvalue weighted by Crippen LogP contribution is 2.42. The number of hydrogen-bond acceptors (Lipinski definition) is 0. The highest BCUT2D eigenvalue weighted by atomic mass is 19.1. The van der Waals surface area contributed by atoms with E-state index in [9.17, 15) is 4.39 Å². The van der Waals surface area contributed by atoms with E-state index in [2.05, 4.69) is 6.92 Å². The molecule has 15 heavy (non-hydrogen) atoms. The van der Waals surface area contributed by atoms with Gasteiger partial charge < -0.3 is 0 Å². The van der Waals surface area contributed by atoms with Crippen LogP contribution < -0.4 is 0 Å². The molecule has 0 unspecified atom stereocenters. The third kappa shape index (κ3) is 2.95. The molecular weight excluding hydrogens is 187 g/mol. The first-order valence-electron chi connectivity index (χ1n) is 6.53. The maximum Gasteiger partial charge on any atom is 0.0956 e. The predicted molar refractivity (Wildman–Crippen MR) is 62.1 cm³/mol. The molecule has 0 heterocycles. The maximum absolute atomic E-state index is 12.5. The molecule has 2 aliphatic rings. The summed E-state index contributed by atoms with van der Waals surface area (Å²) >= 11 is 0. The molecule has 86 valence electrons. The second kappa shape index (κ2) is 5.32. The summed E-state index contributed by atoms with van der Waals surface area (Å²) in [4.78, 5) is 0. The molecule has 2 saturated carbocycles. The van der Waals surface area contributed by atoms with E-state index in [1.165, 1.54) is 38.5 Å². The minimum atomic E-state index is -0.168. The maximum atomic E-state index is 12.5. The summed E-state index contributed by atoms with van der Waals surface area (Å²) in [5.41, 5.74) is 0. The average Bonchev–Trinajstić information content (AvgIpc) is 2.30. The zero-order valence-electron chi connectivity index (χ0n) is 9.90. The van der Waals surface area contributed by atoms with Crippen molar-refractivity contribution >= 4 is 0 Å². The molecule has 2 aliphatic carbocycles. The standard InChI is InChI=1S/C14H23F/c1-11-2-6-13(7-3-11)14-8-4-12(10-15)5-9-14/h11,14H,2-10H2,1H3. The summed E-state index contributed by atoms with van der Waals surface area (Å²) in [5.74, 6) is 4.75. The van der Waals surface area contributed by atoms with Crippen LogP contribution in [0.1, 0.15) is 58.3 Å². The second-order valence-electron chi connectivity index (χ2n) is 5.50. The van der Waals surface area contributed by atoms with Crippen LogP contribution in [-0.4, -0.2) is 6.67 Å². The summed E-state index contributed by atoms with van der Waals surface area (Å²) in [6.07, 6.45) is 10.1. The van der Waals surface area contributed by atoms with Gasteiger partial charge in [0.2, 0.25) is 0 Å². The van der Waals surface area contributed by atoms with Gasteiger partial charge >= 0.3 is 0 Å². The van der Waals surface area contributed by atoms with Crippen LogP contribution in [0.25, 0.3) is 0 Å². The van der Waals surface area contributed by atoms with Gasteiger partial charge in [0.15, 0.2) is 0 Å². The van der Waals surface area contributed by atoms with E-state index in [4.69, 9.17) is 0 Å². The van der Waals surface area contributed by atoms with E-state index in [0.717, 1.165) is 30.6 Å². The lowest BCUT2D eigenvalue weighted by atomic mass is 9.69. The van der Waals surface area contributed by atoms with E-state index in [1.54, 1.807) is 0 Å². The van der Waals surface area contributed by atoms with E-state index < -0.39 is 0 Å². The SMILES string of the molecule is CC1CC[C](C2CC[C](CF)CC2)CC1. The zero-order chi connectivity index (χ0) is 10.7. The molecule has 0 N–H and O–H groups in total. The van der Waals surface area contributed by atoms with Crippen molar-refractivity contribution in [3.63, 3.8) is 0 Å². The van der Waals surface area contributed by atoms with Crippen molar-refractivity contribution in [2.75, 3.05) is 6.67 Å².